The SMILES string of the molecule is O=C1c2cc(Cl)c([N+](=O)[O-])cc2CN1C[C@H]1OC[C@@H](N2C(=O)c3ccccc3C2=O)CO1. The summed E-state index contributed by atoms with van der Waals surface area (Å²) < 4.78 is 11.4. The Hall–Kier alpha value is -3.34. The Morgan fingerprint density at radius 1 is 1.00 bits per heavy atom. The summed E-state index contributed by atoms with van der Waals surface area (Å²) >= 11 is 5.92. The maximum absolute atomic E-state index is 12.7. The first-order chi connectivity index (χ1) is 15.3. The van der Waals surface area contributed by atoms with E-state index in [1.54, 1.807) is 24.3 Å². The summed E-state index contributed by atoms with van der Waals surface area (Å²) in [5, 5.41) is 11.0. The molecule has 0 atom stereocenters. The van der Waals surface area contributed by atoms with Gasteiger partial charge in [-0.05, 0) is 23.8 Å². The first-order valence-corrected chi connectivity index (χ1v) is 10.2. The van der Waals surface area contributed by atoms with Gasteiger partial charge in [0.1, 0.15) is 5.02 Å². The third-order valence-corrected chi connectivity index (χ3v) is 6.06. The molecule has 32 heavy (non-hydrogen) atoms. The topological polar surface area (TPSA) is 119 Å². The average Bonchev–Trinajstić information content (AvgIpc) is 3.22. The minimum atomic E-state index is -0.759. The number of carbonyl (C=O) groups excluding carboxylic acids is 3. The fraction of sp³-hybridized carbons (Fsp3) is 0.286. The average molecular weight is 458 g/mol. The van der Waals surface area contributed by atoms with E-state index < -0.39 is 17.3 Å². The number of rotatable bonds is 4. The molecule has 3 aliphatic rings. The third-order valence-electron chi connectivity index (χ3n) is 5.76. The lowest BCUT2D eigenvalue weighted by atomic mass is 10.1. The zero-order valence-electron chi connectivity index (χ0n) is 16.5. The number of hydrogen-bond acceptors (Lipinski definition) is 7. The van der Waals surface area contributed by atoms with Crippen molar-refractivity contribution in [2.24, 2.45) is 0 Å². The number of nitro benzene ring substituents is 1. The first-order valence-electron chi connectivity index (χ1n) is 9.81. The van der Waals surface area contributed by atoms with Crippen LogP contribution in [0, 0.1) is 10.1 Å². The molecule has 0 aliphatic carbocycles. The van der Waals surface area contributed by atoms with Gasteiger partial charge in [-0.1, -0.05) is 23.7 Å². The van der Waals surface area contributed by atoms with Crippen LogP contribution in [0.1, 0.15) is 36.6 Å². The van der Waals surface area contributed by atoms with Crippen molar-refractivity contribution in [3.05, 3.63) is 73.8 Å². The number of imide groups is 1. The van der Waals surface area contributed by atoms with Crippen LogP contribution in [0.15, 0.2) is 36.4 Å². The predicted molar refractivity (Wildman–Crippen MR) is 109 cm³/mol. The molecule has 164 valence electrons. The van der Waals surface area contributed by atoms with Crippen LogP contribution < -0.4 is 0 Å². The number of halogens is 1. The summed E-state index contributed by atoms with van der Waals surface area (Å²) in [5.74, 6) is -1.10. The Bertz CT molecular complexity index is 1140. The molecule has 0 N–H and O–H groups in total. The van der Waals surface area contributed by atoms with E-state index in [0.717, 1.165) is 4.90 Å². The Balaban J connectivity index is 1.23. The first kappa shape index (κ1) is 20.6. The van der Waals surface area contributed by atoms with Gasteiger partial charge in [0.05, 0.1) is 41.9 Å². The molecule has 10 nitrogen and oxygen atoms in total. The monoisotopic (exact) mass is 457 g/mol. The highest BCUT2D eigenvalue weighted by Gasteiger charge is 2.42. The zero-order chi connectivity index (χ0) is 22.6. The van der Waals surface area contributed by atoms with Crippen LogP contribution in [-0.2, 0) is 16.0 Å². The van der Waals surface area contributed by atoms with Crippen molar-refractivity contribution in [2.45, 2.75) is 18.9 Å². The molecule has 0 spiro atoms. The highest BCUT2D eigenvalue weighted by Crippen LogP contribution is 2.33. The van der Waals surface area contributed by atoms with Gasteiger partial charge in [0.15, 0.2) is 6.29 Å². The van der Waals surface area contributed by atoms with Gasteiger partial charge < -0.3 is 14.4 Å². The molecular weight excluding hydrogens is 442 g/mol. The van der Waals surface area contributed by atoms with Gasteiger partial charge in [0.25, 0.3) is 23.4 Å². The van der Waals surface area contributed by atoms with Crippen molar-refractivity contribution >= 4 is 35.0 Å². The lowest BCUT2D eigenvalue weighted by Gasteiger charge is -2.35. The van der Waals surface area contributed by atoms with Crippen molar-refractivity contribution in [1.29, 1.82) is 0 Å². The molecule has 1 saturated heterocycles. The number of fused-ring (bicyclic) bond motifs is 2. The van der Waals surface area contributed by atoms with Crippen molar-refractivity contribution in [3.63, 3.8) is 0 Å². The number of nitrogens with zero attached hydrogens (tertiary/aromatic N) is 3. The van der Waals surface area contributed by atoms with Gasteiger partial charge in [-0.2, -0.15) is 0 Å². The minimum absolute atomic E-state index is 0.0718. The molecule has 1 fully saturated rings. The van der Waals surface area contributed by atoms with E-state index in [1.807, 2.05) is 0 Å². The van der Waals surface area contributed by atoms with Gasteiger partial charge in [0.2, 0.25) is 0 Å². The Morgan fingerprint density at radius 2 is 1.62 bits per heavy atom. The van der Waals surface area contributed by atoms with Crippen LogP contribution in [0.2, 0.25) is 5.02 Å². The number of carbonyl (C=O) groups is 3. The zero-order valence-corrected chi connectivity index (χ0v) is 17.3. The van der Waals surface area contributed by atoms with E-state index in [0.29, 0.717) is 22.3 Å². The largest absolute Gasteiger partial charge is 0.349 e. The maximum atomic E-state index is 12.7. The molecule has 2 aromatic rings. The molecule has 0 unspecified atom stereocenters. The lowest BCUT2D eigenvalue weighted by molar-refractivity contribution is -0.384. The van der Waals surface area contributed by atoms with Crippen molar-refractivity contribution < 1.29 is 28.8 Å². The molecule has 0 radical (unpaired) electrons. The summed E-state index contributed by atoms with van der Waals surface area (Å²) in [7, 11) is 0. The number of hydrogen-bond donors (Lipinski definition) is 0. The summed E-state index contributed by atoms with van der Waals surface area (Å²) in [6.07, 6.45) is -0.759. The lowest BCUT2D eigenvalue weighted by Crippen LogP contribution is -2.51. The van der Waals surface area contributed by atoms with Crippen molar-refractivity contribution in [2.75, 3.05) is 19.8 Å². The molecule has 3 aliphatic heterocycles. The second kappa shape index (κ2) is 7.66. The van der Waals surface area contributed by atoms with E-state index in [-0.39, 0.29) is 54.7 Å². The molecule has 0 bridgehead atoms. The molecule has 3 heterocycles. The standard InChI is InChI=1S/C21H16ClN3O7/c22-16-6-15-11(5-17(16)25(29)30)7-23(19(15)26)8-18-31-9-12(10-32-18)24-20(27)13-3-1-2-4-14(13)21(24)28/h1-6,12,18H,7-10H2/t12-,18+. The maximum Gasteiger partial charge on any atom is 0.288 e. The quantitative estimate of drug-likeness (QED) is 0.392. The minimum Gasteiger partial charge on any atom is -0.349 e. The third kappa shape index (κ3) is 3.24. The number of ether oxygens (including phenoxy) is 2. The van der Waals surface area contributed by atoms with E-state index in [1.165, 1.54) is 17.0 Å². The number of benzene rings is 2. The van der Waals surface area contributed by atoms with Crippen molar-refractivity contribution in [1.82, 2.24) is 9.80 Å². The fourth-order valence-corrected chi connectivity index (χ4v) is 4.41. The van der Waals surface area contributed by atoms with E-state index in [4.69, 9.17) is 21.1 Å². The molecule has 3 amide bonds. The van der Waals surface area contributed by atoms with E-state index >= 15 is 0 Å². The molecule has 11 heteroatoms. The van der Waals surface area contributed by atoms with Gasteiger partial charge >= 0.3 is 0 Å². The summed E-state index contributed by atoms with van der Waals surface area (Å²) in [5.41, 5.74) is 1.26. The van der Waals surface area contributed by atoms with Crippen molar-refractivity contribution in [3.8, 4) is 0 Å². The molecule has 0 saturated carbocycles. The van der Waals surface area contributed by atoms with Gasteiger partial charge in [0, 0.05) is 18.2 Å². The second-order valence-corrected chi connectivity index (χ2v) is 8.09. The highest BCUT2D eigenvalue weighted by atomic mass is 35.5. The Kier molecular flexibility index (Phi) is 4.92. The highest BCUT2D eigenvalue weighted by molar-refractivity contribution is 6.33. The number of amides is 3. The number of nitro groups is 1. The molecular formula is C21H16ClN3O7. The smallest absolute Gasteiger partial charge is 0.288 e. The van der Waals surface area contributed by atoms with Gasteiger partial charge in [-0.15, -0.1) is 0 Å². The van der Waals surface area contributed by atoms with Crippen LogP contribution >= 0.6 is 11.6 Å². The Labute approximate surface area is 186 Å². The van der Waals surface area contributed by atoms with Gasteiger partial charge in [-0.3, -0.25) is 29.4 Å². The van der Waals surface area contributed by atoms with Crippen LogP contribution in [0.4, 0.5) is 5.69 Å². The van der Waals surface area contributed by atoms with Crippen LogP contribution in [0.3, 0.4) is 0 Å². The summed E-state index contributed by atoms with van der Waals surface area (Å²) in [6, 6.07) is 8.64. The Morgan fingerprint density at radius 3 is 2.22 bits per heavy atom. The van der Waals surface area contributed by atoms with Gasteiger partial charge in [-0.25, -0.2) is 0 Å². The van der Waals surface area contributed by atoms with E-state index in [9.17, 15) is 24.5 Å². The molecule has 2 aromatic carbocycles. The fourth-order valence-electron chi connectivity index (χ4n) is 4.18. The summed E-state index contributed by atoms with van der Waals surface area (Å²) in [4.78, 5) is 51.0. The van der Waals surface area contributed by atoms with Crippen LogP contribution in [0.5, 0.6) is 0 Å². The predicted octanol–water partition coefficient (Wildman–Crippen LogP) is 2.24. The molecule has 5 rings (SSSR count). The second-order valence-electron chi connectivity index (χ2n) is 7.68. The normalized spacial score (nSPS) is 22.3. The van der Waals surface area contributed by atoms with Crippen LogP contribution in [0.25, 0.3) is 0 Å². The summed E-state index contributed by atoms with van der Waals surface area (Å²) in [6.45, 7) is 0.399. The molecule has 0 aromatic heterocycles. The van der Waals surface area contributed by atoms with Crippen LogP contribution in [-0.4, -0.2) is 64.5 Å². The van der Waals surface area contributed by atoms with E-state index in [2.05, 4.69) is 0 Å².